The highest BCUT2D eigenvalue weighted by Gasteiger charge is 2.51. The molecule has 3 nitrogen and oxygen atoms in total. The Morgan fingerprint density at radius 2 is 1.55 bits per heavy atom. The highest BCUT2D eigenvalue weighted by molar-refractivity contribution is 5.89. The molecule has 0 aliphatic heterocycles. The number of nitrogens with one attached hydrogen (secondary N) is 1. The van der Waals surface area contributed by atoms with Gasteiger partial charge in [-0.1, -0.05) is 18.2 Å². The van der Waals surface area contributed by atoms with Crippen LogP contribution in [0.15, 0.2) is 30.3 Å². The lowest BCUT2D eigenvalue weighted by molar-refractivity contribution is -0.0880. The van der Waals surface area contributed by atoms with Crippen LogP contribution in [-0.2, 0) is 4.84 Å². The number of carbonyl (C=O) groups excluding carboxylic acids is 1. The Hall–Kier alpha value is -1.35. The van der Waals surface area contributed by atoms with Crippen molar-refractivity contribution in [3.8, 4) is 0 Å². The minimum absolute atomic E-state index is 0.0686. The van der Waals surface area contributed by atoms with Crippen LogP contribution in [0.3, 0.4) is 0 Å². The van der Waals surface area contributed by atoms with Crippen molar-refractivity contribution in [2.45, 2.75) is 44.1 Å². The van der Waals surface area contributed by atoms with E-state index in [2.05, 4.69) is 5.48 Å². The van der Waals surface area contributed by atoms with Crippen LogP contribution in [0.4, 0.5) is 0 Å². The quantitative estimate of drug-likeness (QED) is 0.857. The van der Waals surface area contributed by atoms with Crippen molar-refractivity contribution < 1.29 is 9.63 Å². The van der Waals surface area contributed by atoms with Crippen LogP contribution in [0.2, 0.25) is 0 Å². The van der Waals surface area contributed by atoms with E-state index in [1.807, 2.05) is 18.2 Å². The molecule has 0 atom stereocenters. The molecule has 4 saturated carbocycles. The smallest absolute Gasteiger partial charge is 0.356 e. The monoisotopic (exact) mass is 271 g/mol. The summed E-state index contributed by atoms with van der Waals surface area (Å²) in [6, 6.07) is 9.22. The molecule has 0 saturated heterocycles. The Morgan fingerprint density at radius 3 is 2.10 bits per heavy atom. The Balaban J connectivity index is 1.43. The first-order valence-electron chi connectivity index (χ1n) is 7.76. The Morgan fingerprint density at radius 1 is 1.00 bits per heavy atom. The van der Waals surface area contributed by atoms with Gasteiger partial charge in [-0.3, -0.25) is 0 Å². The van der Waals surface area contributed by atoms with Crippen molar-refractivity contribution in [2.24, 2.45) is 17.8 Å². The van der Waals surface area contributed by atoms with Crippen LogP contribution in [0.5, 0.6) is 0 Å². The van der Waals surface area contributed by atoms with Gasteiger partial charge in [0.05, 0.1) is 11.1 Å². The molecule has 106 valence electrons. The number of hydrogen-bond acceptors (Lipinski definition) is 3. The zero-order valence-electron chi connectivity index (χ0n) is 11.7. The van der Waals surface area contributed by atoms with E-state index in [-0.39, 0.29) is 11.5 Å². The van der Waals surface area contributed by atoms with E-state index in [4.69, 9.17) is 4.84 Å². The summed E-state index contributed by atoms with van der Waals surface area (Å²) >= 11 is 0. The summed E-state index contributed by atoms with van der Waals surface area (Å²) in [5, 5.41) is 0. The van der Waals surface area contributed by atoms with E-state index < -0.39 is 0 Å². The van der Waals surface area contributed by atoms with Gasteiger partial charge >= 0.3 is 5.97 Å². The maximum absolute atomic E-state index is 12.1. The van der Waals surface area contributed by atoms with Gasteiger partial charge in [-0.05, 0) is 68.4 Å². The van der Waals surface area contributed by atoms with Crippen molar-refractivity contribution in [3.63, 3.8) is 0 Å². The van der Waals surface area contributed by atoms with E-state index in [1.165, 1.54) is 38.5 Å². The van der Waals surface area contributed by atoms with Gasteiger partial charge in [-0.2, -0.15) is 0 Å². The fraction of sp³-hybridized carbons (Fsp3) is 0.588. The normalized spacial score (nSPS) is 37.9. The van der Waals surface area contributed by atoms with Gasteiger partial charge in [-0.15, -0.1) is 5.48 Å². The predicted octanol–water partition coefficient (Wildman–Crippen LogP) is 3.32. The van der Waals surface area contributed by atoms with Crippen LogP contribution in [0, 0.1) is 17.8 Å². The molecule has 20 heavy (non-hydrogen) atoms. The number of hydroxylamine groups is 1. The summed E-state index contributed by atoms with van der Waals surface area (Å²) < 4.78 is 0. The van der Waals surface area contributed by atoms with Crippen molar-refractivity contribution in [1.29, 1.82) is 0 Å². The Bertz CT molecular complexity index is 476. The molecule has 3 heteroatoms. The summed E-state index contributed by atoms with van der Waals surface area (Å²) in [5.74, 6) is 2.29. The molecular formula is C17H21NO2. The summed E-state index contributed by atoms with van der Waals surface area (Å²) in [5.41, 5.74) is 3.86. The first-order chi connectivity index (χ1) is 9.72. The number of carbonyl (C=O) groups is 1. The van der Waals surface area contributed by atoms with Crippen molar-refractivity contribution in [3.05, 3.63) is 35.9 Å². The maximum atomic E-state index is 12.1. The highest BCUT2D eigenvalue weighted by Crippen LogP contribution is 2.55. The minimum atomic E-state index is -0.263. The van der Waals surface area contributed by atoms with Gasteiger partial charge in [0.2, 0.25) is 0 Å². The molecule has 0 aromatic heterocycles. The van der Waals surface area contributed by atoms with Crippen molar-refractivity contribution in [1.82, 2.24) is 5.48 Å². The standard InChI is InChI=1S/C17H21NO2/c19-16(15-4-2-1-3-5-15)20-18-17-9-12-6-13(10-17)8-14(7-12)11-17/h1-5,12-14,18H,6-11H2. The average molecular weight is 271 g/mol. The SMILES string of the molecule is O=C(ONC12CC3CC(CC(C3)C1)C2)c1ccccc1. The molecule has 0 radical (unpaired) electrons. The van der Waals surface area contributed by atoms with E-state index in [1.54, 1.807) is 12.1 Å². The molecule has 5 rings (SSSR count). The van der Waals surface area contributed by atoms with Crippen molar-refractivity contribution in [2.75, 3.05) is 0 Å². The zero-order valence-corrected chi connectivity index (χ0v) is 11.7. The van der Waals surface area contributed by atoms with E-state index in [0.29, 0.717) is 5.56 Å². The van der Waals surface area contributed by atoms with Gasteiger partial charge in [0, 0.05) is 0 Å². The van der Waals surface area contributed by atoms with E-state index in [9.17, 15) is 4.79 Å². The number of rotatable bonds is 3. The molecule has 4 bridgehead atoms. The third-order valence-corrected chi connectivity index (χ3v) is 5.41. The lowest BCUT2D eigenvalue weighted by Gasteiger charge is -2.56. The molecular weight excluding hydrogens is 250 g/mol. The zero-order chi connectivity index (χ0) is 13.6. The van der Waals surface area contributed by atoms with E-state index >= 15 is 0 Å². The fourth-order valence-electron chi connectivity index (χ4n) is 5.02. The summed E-state index contributed by atoms with van der Waals surface area (Å²) in [6.45, 7) is 0. The molecule has 4 aliphatic carbocycles. The van der Waals surface area contributed by atoms with Crippen LogP contribution >= 0.6 is 0 Å². The molecule has 4 aliphatic rings. The average Bonchev–Trinajstić information content (AvgIpc) is 2.44. The van der Waals surface area contributed by atoms with E-state index in [0.717, 1.165) is 17.8 Å². The molecule has 1 N–H and O–H groups in total. The first kappa shape index (κ1) is 12.4. The second-order valence-corrected chi connectivity index (χ2v) is 7.06. The molecule has 1 aromatic carbocycles. The molecule has 0 spiro atoms. The molecule has 1 aromatic rings. The minimum Gasteiger partial charge on any atom is -0.366 e. The number of benzene rings is 1. The Labute approximate surface area is 119 Å². The third kappa shape index (κ3) is 2.14. The lowest BCUT2D eigenvalue weighted by Crippen LogP contribution is -2.58. The molecule has 0 unspecified atom stereocenters. The third-order valence-electron chi connectivity index (χ3n) is 5.41. The van der Waals surface area contributed by atoms with Crippen LogP contribution in [-0.4, -0.2) is 11.5 Å². The van der Waals surface area contributed by atoms with Crippen LogP contribution in [0.25, 0.3) is 0 Å². The highest BCUT2D eigenvalue weighted by atomic mass is 16.7. The summed E-state index contributed by atoms with van der Waals surface area (Å²) in [7, 11) is 0. The van der Waals surface area contributed by atoms with Gasteiger partial charge in [-0.25, -0.2) is 4.79 Å². The predicted molar refractivity (Wildman–Crippen MR) is 75.9 cm³/mol. The maximum Gasteiger partial charge on any atom is 0.356 e. The number of hydrogen-bond donors (Lipinski definition) is 1. The summed E-state index contributed by atoms with van der Waals surface area (Å²) in [6.07, 6.45) is 7.73. The van der Waals surface area contributed by atoms with Crippen molar-refractivity contribution >= 4 is 5.97 Å². The summed E-state index contributed by atoms with van der Waals surface area (Å²) in [4.78, 5) is 17.5. The fourth-order valence-corrected chi connectivity index (χ4v) is 5.02. The largest absolute Gasteiger partial charge is 0.366 e. The van der Waals surface area contributed by atoms with Gasteiger partial charge < -0.3 is 4.84 Å². The van der Waals surface area contributed by atoms with Crippen LogP contribution < -0.4 is 5.48 Å². The second kappa shape index (κ2) is 4.59. The first-order valence-corrected chi connectivity index (χ1v) is 7.76. The second-order valence-electron chi connectivity index (χ2n) is 7.06. The Kier molecular flexibility index (Phi) is 2.84. The van der Waals surface area contributed by atoms with Gasteiger partial charge in [0.25, 0.3) is 0 Å². The topological polar surface area (TPSA) is 38.3 Å². The lowest BCUT2D eigenvalue weighted by atomic mass is 9.53. The van der Waals surface area contributed by atoms with Crippen LogP contribution in [0.1, 0.15) is 48.9 Å². The van der Waals surface area contributed by atoms with Gasteiger partial charge in [0.15, 0.2) is 0 Å². The molecule has 0 amide bonds. The van der Waals surface area contributed by atoms with Gasteiger partial charge in [0.1, 0.15) is 0 Å². The molecule has 0 heterocycles. The molecule has 4 fully saturated rings.